The highest BCUT2D eigenvalue weighted by atomic mass is 16.6. The van der Waals surface area contributed by atoms with E-state index in [0.29, 0.717) is 51.1 Å². The zero-order valence-corrected chi connectivity index (χ0v) is 17.3. The van der Waals surface area contributed by atoms with Crippen LogP contribution in [-0.4, -0.2) is 64.8 Å². The van der Waals surface area contributed by atoms with Crippen molar-refractivity contribution in [2.45, 2.75) is 94.9 Å². The molecule has 164 valence electrons. The Balaban J connectivity index is 1.84. The molecule has 3 fully saturated rings. The zero-order chi connectivity index (χ0) is 21.0. The maximum absolute atomic E-state index is 13.5. The minimum atomic E-state index is -1.03. The van der Waals surface area contributed by atoms with Gasteiger partial charge in [0.15, 0.2) is 12.1 Å². The number of carboxylic acids is 1. The summed E-state index contributed by atoms with van der Waals surface area (Å²) in [5, 5.41) is 9.88. The Bertz CT molecular complexity index is 621. The van der Waals surface area contributed by atoms with Crippen LogP contribution in [0.2, 0.25) is 0 Å². The monoisotopic (exact) mass is 410 g/mol. The molecule has 8 nitrogen and oxygen atoms in total. The van der Waals surface area contributed by atoms with Crippen LogP contribution >= 0.6 is 0 Å². The maximum atomic E-state index is 13.5. The quantitative estimate of drug-likeness (QED) is 0.312. The third-order valence-corrected chi connectivity index (χ3v) is 7.27. The minimum Gasteiger partial charge on any atom is -0.477 e. The normalized spacial score (nSPS) is 34.1. The number of carbonyl (C=O) groups excluding carboxylic acids is 2. The molecule has 29 heavy (non-hydrogen) atoms. The van der Waals surface area contributed by atoms with E-state index < -0.39 is 30.1 Å². The van der Waals surface area contributed by atoms with Gasteiger partial charge >= 0.3 is 17.8 Å². The van der Waals surface area contributed by atoms with Gasteiger partial charge in [-0.1, -0.05) is 19.3 Å². The number of aliphatic carboxylic acids is 1. The standard InChI is InChI=1S/C21H35N3O5/c22-11-5-4-9-15(23)19(25)24(12-6-10-16(24)20(26)27)17-13-18(29-21(17)28)14-7-2-1-3-8-14/h14-18H,1-13,22-23H2/p+1/t15-,16-,17?,18?,24?/m0/s1. The molecule has 0 aromatic rings. The lowest BCUT2D eigenvalue weighted by Gasteiger charge is -2.40. The Morgan fingerprint density at radius 3 is 2.52 bits per heavy atom. The molecular weight excluding hydrogens is 374 g/mol. The first-order chi connectivity index (χ1) is 13.9. The van der Waals surface area contributed by atoms with Crippen LogP contribution in [0.15, 0.2) is 0 Å². The van der Waals surface area contributed by atoms with E-state index in [-0.39, 0.29) is 16.5 Å². The van der Waals surface area contributed by atoms with Gasteiger partial charge in [0.1, 0.15) is 12.1 Å². The molecule has 3 unspecified atom stereocenters. The van der Waals surface area contributed by atoms with Crippen molar-refractivity contribution in [1.82, 2.24) is 0 Å². The summed E-state index contributed by atoms with van der Waals surface area (Å²) >= 11 is 0. The number of carboxylic acid groups (broad SMARTS) is 1. The lowest BCUT2D eigenvalue weighted by molar-refractivity contribution is -0.874. The Kier molecular flexibility index (Phi) is 7.29. The fraction of sp³-hybridized carbons (Fsp3) is 0.857. The van der Waals surface area contributed by atoms with Crippen LogP contribution in [0, 0.1) is 5.92 Å². The molecule has 0 radical (unpaired) electrons. The van der Waals surface area contributed by atoms with Crippen LogP contribution in [0.25, 0.3) is 0 Å². The Hall–Kier alpha value is -1.51. The molecule has 2 saturated heterocycles. The van der Waals surface area contributed by atoms with Gasteiger partial charge in [0.2, 0.25) is 0 Å². The van der Waals surface area contributed by atoms with Crippen molar-refractivity contribution >= 4 is 17.8 Å². The number of unbranched alkanes of at least 4 members (excludes halogenated alkanes) is 1. The van der Waals surface area contributed by atoms with E-state index in [1.54, 1.807) is 0 Å². The van der Waals surface area contributed by atoms with E-state index in [4.69, 9.17) is 16.2 Å². The molecule has 3 rings (SSSR count). The first-order valence-electron chi connectivity index (χ1n) is 11.2. The highest BCUT2D eigenvalue weighted by Gasteiger charge is 2.63. The number of cyclic esters (lactones) is 1. The van der Waals surface area contributed by atoms with E-state index >= 15 is 0 Å². The molecule has 3 aliphatic rings. The second-order valence-corrected chi connectivity index (χ2v) is 9.00. The van der Waals surface area contributed by atoms with E-state index in [2.05, 4.69) is 0 Å². The van der Waals surface area contributed by atoms with Crippen molar-refractivity contribution in [2.75, 3.05) is 13.1 Å². The zero-order valence-electron chi connectivity index (χ0n) is 17.3. The first-order valence-corrected chi connectivity index (χ1v) is 11.2. The summed E-state index contributed by atoms with van der Waals surface area (Å²) in [6, 6.07) is -2.47. The number of hydrogen-bond donors (Lipinski definition) is 3. The second-order valence-electron chi connectivity index (χ2n) is 9.00. The fourth-order valence-corrected chi connectivity index (χ4v) is 5.75. The summed E-state index contributed by atoms with van der Waals surface area (Å²) in [7, 11) is 0. The average molecular weight is 411 g/mol. The van der Waals surface area contributed by atoms with Crippen molar-refractivity contribution in [2.24, 2.45) is 17.4 Å². The molecule has 1 saturated carbocycles. The summed E-state index contributed by atoms with van der Waals surface area (Å²) < 4.78 is 5.39. The summed E-state index contributed by atoms with van der Waals surface area (Å²) in [5.74, 6) is -1.45. The highest BCUT2D eigenvalue weighted by Crippen LogP contribution is 2.41. The van der Waals surface area contributed by atoms with Gasteiger partial charge in [-0.25, -0.2) is 18.9 Å². The molecule has 1 amide bonds. The predicted octanol–water partition coefficient (Wildman–Crippen LogP) is 1.30. The molecule has 2 aliphatic heterocycles. The number of hydrogen-bond acceptors (Lipinski definition) is 6. The first kappa shape index (κ1) is 22.2. The van der Waals surface area contributed by atoms with Gasteiger partial charge in [-0.15, -0.1) is 0 Å². The molecule has 0 spiro atoms. The topological polar surface area (TPSA) is 133 Å². The molecular formula is C21H36N3O5+. The number of nitrogens with two attached hydrogens (primary N) is 2. The molecule has 8 heteroatoms. The molecule has 0 aromatic carbocycles. The fourth-order valence-electron chi connectivity index (χ4n) is 5.75. The van der Waals surface area contributed by atoms with E-state index in [0.717, 1.165) is 32.1 Å². The van der Waals surface area contributed by atoms with Crippen molar-refractivity contribution in [1.29, 1.82) is 0 Å². The van der Waals surface area contributed by atoms with Gasteiger partial charge < -0.3 is 21.3 Å². The number of carbonyl (C=O) groups is 3. The summed E-state index contributed by atoms with van der Waals surface area (Å²) in [4.78, 5) is 38.5. The lowest BCUT2D eigenvalue weighted by atomic mass is 9.83. The summed E-state index contributed by atoms with van der Waals surface area (Å²) in [6.45, 7) is 0.869. The van der Waals surface area contributed by atoms with Crippen LogP contribution in [-0.2, 0) is 19.1 Å². The molecule has 0 bridgehead atoms. The number of esters is 1. The highest BCUT2D eigenvalue weighted by molar-refractivity contribution is 5.86. The summed E-state index contributed by atoms with van der Waals surface area (Å²) in [6.07, 6.45) is 8.64. The van der Waals surface area contributed by atoms with Gasteiger partial charge in [0.05, 0.1) is 6.54 Å². The number of amides is 1. The number of likely N-dealkylation sites (tertiary alicyclic amines) is 1. The van der Waals surface area contributed by atoms with E-state index in [9.17, 15) is 19.5 Å². The molecule has 1 aliphatic carbocycles. The van der Waals surface area contributed by atoms with Gasteiger partial charge in [-0.3, -0.25) is 0 Å². The van der Waals surface area contributed by atoms with Gasteiger partial charge in [0, 0.05) is 19.3 Å². The Morgan fingerprint density at radius 1 is 1.14 bits per heavy atom. The van der Waals surface area contributed by atoms with E-state index in [1.807, 2.05) is 0 Å². The van der Waals surface area contributed by atoms with Gasteiger partial charge in [0.25, 0.3) is 0 Å². The van der Waals surface area contributed by atoms with Crippen molar-refractivity contribution in [3.63, 3.8) is 0 Å². The number of rotatable bonds is 8. The minimum absolute atomic E-state index is 0.209. The second kappa shape index (κ2) is 9.53. The van der Waals surface area contributed by atoms with Crippen molar-refractivity contribution in [3.8, 4) is 0 Å². The SMILES string of the molecule is NCCCC[C@H](N)C(=O)[N+]1(C2CC(C3CCCCC3)OC2=O)CCC[C@H]1C(=O)O. The molecule has 5 atom stereocenters. The molecule has 2 heterocycles. The van der Waals surface area contributed by atoms with Crippen LogP contribution in [0.3, 0.4) is 0 Å². The van der Waals surface area contributed by atoms with Crippen LogP contribution in [0.4, 0.5) is 0 Å². The Labute approximate surface area is 172 Å². The maximum Gasteiger partial charge on any atom is 0.365 e. The average Bonchev–Trinajstić information content (AvgIpc) is 3.33. The molecule has 5 N–H and O–H groups in total. The number of nitrogens with zero attached hydrogens (tertiary/aromatic N) is 1. The number of ether oxygens (including phenoxy) is 1. The Morgan fingerprint density at radius 2 is 1.86 bits per heavy atom. The number of quaternary nitrogens is 1. The smallest absolute Gasteiger partial charge is 0.365 e. The van der Waals surface area contributed by atoms with Gasteiger partial charge in [-0.2, -0.15) is 0 Å². The van der Waals surface area contributed by atoms with Crippen molar-refractivity contribution in [3.05, 3.63) is 0 Å². The van der Waals surface area contributed by atoms with Crippen LogP contribution in [0.1, 0.15) is 70.6 Å². The molecule has 0 aromatic heterocycles. The van der Waals surface area contributed by atoms with Crippen LogP contribution < -0.4 is 11.5 Å². The predicted molar refractivity (Wildman–Crippen MR) is 107 cm³/mol. The van der Waals surface area contributed by atoms with E-state index in [1.165, 1.54) is 6.42 Å². The third kappa shape index (κ3) is 4.34. The van der Waals surface area contributed by atoms with Crippen LogP contribution in [0.5, 0.6) is 0 Å². The lowest BCUT2D eigenvalue weighted by Crippen LogP contribution is -2.69. The summed E-state index contributed by atoms with van der Waals surface area (Å²) in [5.41, 5.74) is 11.8. The largest absolute Gasteiger partial charge is 0.477 e. The third-order valence-electron chi connectivity index (χ3n) is 7.27. The van der Waals surface area contributed by atoms with Gasteiger partial charge in [-0.05, 0) is 44.6 Å². The van der Waals surface area contributed by atoms with Crippen molar-refractivity contribution < 1.29 is 28.7 Å².